The van der Waals surface area contributed by atoms with E-state index < -0.39 is 15.9 Å². The van der Waals surface area contributed by atoms with Crippen molar-refractivity contribution in [2.24, 2.45) is 5.92 Å². The lowest BCUT2D eigenvalue weighted by atomic mass is 9.99. The first kappa shape index (κ1) is 23.9. The summed E-state index contributed by atoms with van der Waals surface area (Å²) in [6, 6.07) is 9.99. The lowest BCUT2D eigenvalue weighted by molar-refractivity contribution is -0.120. The van der Waals surface area contributed by atoms with Crippen molar-refractivity contribution in [3.63, 3.8) is 0 Å². The van der Waals surface area contributed by atoms with Crippen LogP contribution in [0, 0.1) is 5.92 Å². The molecule has 6 nitrogen and oxygen atoms in total. The van der Waals surface area contributed by atoms with Crippen LogP contribution in [0.25, 0.3) is 0 Å². The molecule has 0 aromatic heterocycles. The van der Waals surface area contributed by atoms with E-state index in [-0.39, 0.29) is 23.3 Å². The van der Waals surface area contributed by atoms with Crippen molar-refractivity contribution in [2.75, 3.05) is 25.5 Å². The molecule has 1 N–H and O–H groups in total. The predicted molar refractivity (Wildman–Crippen MR) is 124 cm³/mol. The van der Waals surface area contributed by atoms with Crippen LogP contribution in [-0.4, -0.2) is 38.8 Å². The average molecular weight is 485 g/mol. The van der Waals surface area contributed by atoms with E-state index in [1.54, 1.807) is 30.3 Å². The van der Waals surface area contributed by atoms with Crippen LogP contribution in [0.2, 0.25) is 10.0 Å². The molecule has 1 atom stereocenters. The van der Waals surface area contributed by atoms with Crippen LogP contribution in [0.15, 0.2) is 41.3 Å². The van der Waals surface area contributed by atoms with Crippen LogP contribution in [0.1, 0.15) is 38.2 Å². The molecule has 2 aromatic rings. The Morgan fingerprint density at radius 2 is 1.84 bits per heavy atom. The maximum atomic E-state index is 13.4. The molecular formula is C22H26Cl2N2O4S. The summed E-state index contributed by atoms with van der Waals surface area (Å²) < 4.78 is 33.6. The molecule has 0 spiro atoms. The number of nitrogens with one attached hydrogen (secondary N) is 1. The summed E-state index contributed by atoms with van der Waals surface area (Å²) in [5.41, 5.74) is 1.39. The first-order valence-corrected chi connectivity index (χ1v) is 12.3. The molecule has 0 bridgehead atoms. The van der Waals surface area contributed by atoms with Crippen molar-refractivity contribution in [2.45, 2.75) is 37.5 Å². The molecule has 0 saturated carbocycles. The molecule has 0 aliphatic carbocycles. The van der Waals surface area contributed by atoms with E-state index in [1.165, 1.54) is 11.4 Å². The molecule has 31 heavy (non-hydrogen) atoms. The Morgan fingerprint density at radius 3 is 2.45 bits per heavy atom. The molecule has 1 heterocycles. The number of halogens is 2. The number of anilines is 1. The van der Waals surface area contributed by atoms with Crippen LogP contribution >= 0.6 is 23.2 Å². The maximum Gasteiger partial charge on any atom is 0.246 e. The number of nitrogens with zero attached hydrogens (tertiary/aromatic N) is 1. The van der Waals surface area contributed by atoms with Gasteiger partial charge >= 0.3 is 0 Å². The minimum absolute atomic E-state index is 0.0948. The normalized spacial score (nSPS) is 17.5. The van der Waals surface area contributed by atoms with E-state index in [0.717, 1.165) is 5.56 Å². The average Bonchev–Trinajstić information content (AvgIpc) is 2.72. The van der Waals surface area contributed by atoms with Crippen LogP contribution in [0.4, 0.5) is 5.69 Å². The van der Waals surface area contributed by atoms with E-state index in [0.29, 0.717) is 40.9 Å². The second kappa shape index (κ2) is 9.77. The fraction of sp³-hybridized carbons (Fsp3) is 0.409. The van der Waals surface area contributed by atoms with Crippen molar-refractivity contribution >= 4 is 44.8 Å². The number of rotatable bonds is 6. The number of hydrogen-bond acceptors (Lipinski definition) is 4. The molecular weight excluding hydrogens is 459 g/mol. The topological polar surface area (TPSA) is 75.7 Å². The third kappa shape index (κ3) is 5.52. The van der Waals surface area contributed by atoms with E-state index in [4.69, 9.17) is 27.9 Å². The number of carbonyl (C=O) groups is 1. The Morgan fingerprint density at radius 1 is 1.16 bits per heavy atom. The van der Waals surface area contributed by atoms with E-state index in [9.17, 15) is 13.2 Å². The Balaban J connectivity index is 1.82. The molecule has 9 heteroatoms. The second-order valence-electron chi connectivity index (χ2n) is 7.91. The zero-order valence-electron chi connectivity index (χ0n) is 17.7. The van der Waals surface area contributed by atoms with Crippen molar-refractivity contribution in [3.05, 3.63) is 52.0 Å². The van der Waals surface area contributed by atoms with E-state index >= 15 is 0 Å². The summed E-state index contributed by atoms with van der Waals surface area (Å²) in [4.78, 5) is 13.0. The minimum atomic E-state index is -3.83. The van der Waals surface area contributed by atoms with Gasteiger partial charge in [0, 0.05) is 28.8 Å². The number of sulfonamides is 1. The summed E-state index contributed by atoms with van der Waals surface area (Å²) in [5.74, 6) is -0.282. The van der Waals surface area contributed by atoms with E-state index in [2.05, 4.69) is 5.32 Å². The fourth-order valence-electron chi connectivity index (χ4n) is 3.64. The lowest BCUT2D eigenvalue weighted by Gasteiger charge is -2.31. The van der Waals surface area contributed by atoms with Gasteiger partial charge in [0.25, 0.3) is 0 Å². The molecule has 0 unspecified atom stereocenters. The number of methoxy groups -OCH3 is 1. The number of piperidine rings is 1. The van der Waals surface area contributed by atoms with Gasteiger partial charge in [0.05, 0.1) is 13.0 Å². The third-order valence-electron chi connectivity index (χ3n) is 5.36. The summed E-state index contributed by atoms with van der Waals surface area (Å²) in [6.45, 7) is 4.45. The van der Waals surface area contributed by atoms with Gasteiger partial charge in [-0.05, 0) is 54.7 Å². The molecule has 1 aliphatic heterocycles. The number of carbonyl (C=O) groups excluding carboxylic acids is 1. The molecule has 2 aromatic carbocycles. The highest BCUT2D eigenvalue weighted by atomic mass is 35.5. The van der Waals surface area contributed by atoms with Crippen molar-refractivity contribution < 1.29 is 17.9 Å². The molecule has 3 rings (SSSR count). The summed E-state index contributed by atoms with van der Waals surface area (Å²) in [5, 5.41) is 3.62. The van der Waals surface area contributed by atoms with Crippen LogP contribution in [-0.2, 0) is 14.8 Å². The van der Waals surface area contributed by atoms with Gasteiger partial charge in [-0.3, -0.25) is 4.79 Å². The predicted octanol–water partition coefficient (Wildman–Crippen LogP) is 5.16. The van der Waals surface area contributed by atoms with Crippen molar-refractivity contribution in [1.82, 2.24) is 4.31 Å². The summed E-state index contributed by atoms with van der Waals surface area (Å²) in [6.07, 6.45) is 1.18. The van der Waals surface area contributed by atoms with Gasteiger partial charge in [0.2, 0.25) is 15.9 Å². The zero-order chi connectivity index (χ0) is 22.8. The maximum absolute atomic E-state index is 13.4. The highest BCUT2D eigenvalue weighted by Crippen LogP contribution is 2.33. The SMILES string of the molecule is COc1ccc(C(C)C)cc1S(=O)(=O)N1CCC[C@@H](C(=O)Nc2cc(Cl)cc(Cl)c2)C1. The molecule has 1 aliphatic rings. The highest BCUT2D eigenvalue weighted by Gasteiger charge is 2.35. The first-order valence-electron chi connectivity index (χ1n) is 10.1. The Kier molecular flexibility index (Phi) is 7.52. The van der Waals surface area contributed by atoms with Crippen molar-refractivity contribution in [1.29, 1.82) is 0 Å². The number of hydrogen-bond donors (Lipinski definition) is 1. The first-order chi connectivity index (χ1) is 14.6. The molecule has 0 radical (unpaired) electrons. The quantitative estimate of drug-likeness (QED) is 0.613. The molecule has 168 valence electrons. The monoisotopic (exact) mass is 484 g/mol. The smallest absolute Gasteiger partial charge is 0.246 e. The summed E-state index contributed by atoms with van der Waals surface area (Å²) in [7, 11) is -2.38. The van der Waals surface area contributed by atoms with Crippen molar-refractivity contribution in [3.8, 4) is 5.75 Å². The Bertz CT molecular complexity index is 1050. The van der Waals surface area contributed by atoms with Crippen LogP contribution in [0.5, 0.6) is 5.75 Å². The largest absolute Gasteiger partial charge is 0.495 e. The molecule has 1 fully saturated rings. The number of amides is 1. The van der Waals surface area contributed by atoms with Gasteiger partial charge in [-0.25, -0.2) is 8.42 Å². The molecule has 1 saturated heterocycles. The van der Waals surface area contributed by atoms with Gasteiger partial charge < -0.3 is 10.1 Å². The van der Waals surface area contributed by atoms with Crippen LogP contribution in [0.3, 0.4) is 0 Å². The van der Waals surface area contributed by atoms with E-state index in [1.807, 2.05) is 19.9 Å². The van der Waals surface area contributed by atoms with Crippen LogP contribution < -0.4 is 10.1 Å². The van der Waals surface area contributed by atoms with Gasteiger partial charge in [-0.15, -0.1) is 0 Å². The highest BCUT2D eigenvalue weighted by molar-refractivity contribution is 7.89. The Labute approximate surface area is 193 Å². The fourth-order valence-corrected chi connectivity index (χ4v) is 5.88. The van der Waals surface area contributed by atoms with Gasteiger partial charge in [0.15, 0.2) is 0 Å². The Hall–Kier alpha value is -1.80. The third-order valence-corrected chi connectivity index (χ3v) is 7.68. The molecule has 1 amide bonds. The van der Waals surface area contributed by atoms with Gasteiger partial charge in [0.1, 0.15) is 10.6 Å². The summed E-state index contributed by atoms with van der Waals surface area (Å²) >= 11 is 12.0. The lowest BCUT2D eigenvalue weighted by Crippen LogP contribution is -2.43. The second-order valence-corrected chi connectivity index (χ2v) is 10.7. The van der Waals surface area contributed by atoms with Gasteiger partial charge in [-0.2, -0.15) is 4.31 Å². The van der Waals surface area contributed by atoms with Gasteiger partial charge in [-0.1, -0.05) is 43.1 Å². The standard InChI is InChI=1S/C22H26Cl2N2O4S/c1-14(2)15-6-7-20(30-3)21(9-15)31(28,29)26-8-4-5-16(13-26)22(27)25-19-11-17(23)10-18(24)12-19/h6-7,9-12,14,16H,4-5,8,13H2,1-3H3,(H,25,27)/t16-/m1/s1. The number of ether oxygens (including phenoxy) is 1. The zero-order valence-corrected chi connectivity index (χ0v) is 20.0. The number of benzene rings is 2. The minimum Gasteiger partial charge on any atom is -0.495 e.